The molecular formula is C31H34F2N2O4. The van der Waals surface area contributed by atoms with Crippen molar-refractivity contribution < 1.29 is 28.3 Å². The predicted molar refractivity (Wildman–Crippen MR) is 144 cm³/mol. The molecule has 2 heterocycles. The van der Waals surface area contributed by atoms with E-state index < -0.39 is 12.0 Å². The van der Waals surface area contributed by atoms with E-state index in [4.69, 9.17) is 0 Å². The molecule has 6 nitrogen and oxygen atoms in total. The van der Waals surface area contributed by atoms with Crippen LogP contribution in [0.2, 0.25) is 0 Å². The van der Waals surface area contributed by atoms with Crippen LogP contribution in [0.1, 0.15) is 66.6 Å². The van der Waals surface area contributed by atoms with Crippen molar-refractivity contribution in [1.82, 2.24) is 9.88 Å². The zero-order valence-electron chi connectivity index (χ0n) is 22.0. The normalized spacial score (nSPS) is 24.1. The van der Waals surface area contributed by atoms with Crippen LogP contribution >= 0.6 is 0 Å². The summed E-state index contributed by atoms with van der Waals surface area (Å²) in [7, 11) is 0. The molecule has 5 rings (SSSR count). The van der Waals surface area contributed by atoms with E-state index in [2.05, 4.69) is 4.98 Å². The fourth-order valence-electron chi connectivity index (χ4n) is 6.51. The summed E-state index contributed by atoms with van der Waals surface area (Å²) < 4.78 is 26.8. The Bertz CT molecular complexity index is 1360. The van der Waals surface area contributed by atoms with E-state index in [0.717, 1.165) is 24.0 Å². The lowest BCUT2D eigenvalue weighted by atomic mass is 9.76. The molecule has 1 saturated heterocycles. The molecule has 1 unspecified atom stereocenters. The maximum Gasteiger partial charge on any atom is 0.352 e. The molecule has 2 N–H and O–H groups in total. The number of hydrogen-bond acceptors (Lipinski definition) is 3. The van der Waals surface area contributed by atoms with Gasteiger partial charge in [0.25, 0.3) is 0 Å². The number of rotatable bonds is 8. The quantitative estimate of drug-likeness (QED) is 0.374. The third kappa shape index (κ3) is 5.60. The van der Waals surface area contributed by atoms with Gasteiger partial charge in [-0.2, -0.15) is 0 Å². The first-order valence-corrected chi connectivity index (χ1v) is 13.7. The number of nitrogens with zero attached hydrogens (tertiary/aromatic N) is 1. The fourth-order valence-corrected chi connectivity index (χ4v) is 6.51. The molecule has 1 saturated carbocycles. The summed E-state index contributed by atoms with van der Waals surface area (Å²) in [5.74, 6) is -1.66. The van der Waals surface area contributed by atoms with Gasteiger partial charge in [0.05, 0.1) is 12.7 Å². The Morgan fingerprint density at radius 1 is 1.03 bits per heavy atom. The molecule has 1 aliphatic carbocycles. The number of hydrogen-bond donors (Lipinski definition) is 2. The van der Waals surface area contributed by atoms with E-state index in [0.29, 0.717) is 36.7 Å². The van der Waals surface area contributed by atoms with Gasteiger partial charge >= 0.3 is 5.97 Å². The average Bonchev–Trinajstić information content (AvgIpc) is 3.57. The number of carbonyl (C=O) groups excluding carboxylic acids is 2. The molecule has 1 aromatic heterocycles. The molecule has 206 valence electrons. The highest BCUT2D eigenvalue weighted by Gasteiger charge is 2.44. The number of carboxylic acids is 1. The maximum atomic E-state index is 13.9. The topological polar surface area (TPSA) is 90.5 Å². The summed E-state index contributed by atoms with van der Waals surface area (Å²) in [6.45, 7) is 2.02. The number of halogens is 2. The summed E-state index contributed by atoms with van der Waals surface area (Å²) in [6.07, 6.45) is 3.72. The number of carboxylic acid groups (broad SMARTS) is 1. The minimum absolute atomic E-state index is 0.00559. The number of alkyl halides is 1. The number of amides is 1. The zero-order valence-corrected chi connectivity index (χ0v) is 22.0. The lowest BCUT2D eigenvalue weighted by Crippen LogP contribution is -2.46. The molecule has 3 atom stereocenters. The van der Waals surface area contributed by atoms with Gasteiger partial charge in [-0.15, -0.1) is 0 Å². The summed E-state index contributed by atoms with van der Waals surface area (Å²) in [5.41, 5.74) is 2.32. The van der Waals surface area contributed by atoms with Crippen molar-refractivity contribution in [3.05, 3.63) is 71.2 Å². The number of nitrogens with one attached hydrogen (secondary N) is 1. The van der Waals surface area contributed by atoms with E-state index in [1.807, 2.05) is 6.92 Å². The van der Waals surface area contributed by atoms with Gasteiger partial charge in [0.15, 0.2) is 5.78 Å². The van der Waals surface area contributed by atoms with Crippen molar-refractivity contribution >= 4 is 28.6 Å². The Balaban J connectivity index is 1.38. The maximum absolute atomic E-state index is 13.9. The van der Waals surface area contributed by atoms with Crippen LogP contribution in [-0.4, -0.2) is 51.9 Å². The Morgan fingerprint density at radius 2 is 1.74 bits per heavy atom. The first-order chi connectivity index (χ1) is 18.7. The van der Waals surface area contributed by atoms with Gasteiger partial charge in [-0.25, -0.2) is 9.18 Å². The number of fused-ring (bicyclic) bond motifs is 1. The average molecular weight is 537 g/mol. The van der Waals surface area contributed by atoms with E-state index in [-0.39, 0.29) is 60.0 Å². The van der Waals surface area contributed by atoms with Gasteiger partial charge in [0, 0.05) is 35.7 Å². The van der Waals surface area contributed by atoms with Crippen molar-refractivity contribution in [3.8, 4) is 0 Å². The van der Waals surface area contributed by atoms with Crippen LogP contribution in [0.3, 0.4) is 0 Å². The van der Waals surface area contributed by atoms with Gasteiger partial charge in [-0.3, -0.25) is 14.0 Å². The lowest BCUT2D eigenvalue weighted by Gasteiger charge is -2.35. The molecule has 2 fully saturated rings. The fraction of sp³-hybridized carbons (Fsp3) is 0.452. The third-order valence-corrected chi connectivity index (χ3v) is 8.77. The van der Waals surface area contributed by atoms with Crippen LogP contribution in [0, 0.1) is 23.6 Å². The highest BCUT2D eigenvalue weighted by Crippen LogP contribution is 2.39. The Labute approximate surface area is 226 Å². The van der Waals surface area contributed by atoms with E-state index in [1.54, 1.807) is 41.3 Å². The Morgan fingerprint density at radius 3 is 2.41 bits per heavy atom. The monoisotopic (exact) mass is 536 g/mol. The number of aromatic amines is 1. The number of benzene rings is 2. The van der Waals surface area contributed by atoms with Crippen molar-refractivity contribution in [1.29, 1.82) is 0 Å². The van der Waals surface area contributed by atoms with Crippen LogP contribution in [-0.2, 0) is 16.0 Å². The van der Waals surface area contributed by atoms with Gasteiger partial charge < -0.3 is 15.0 Å². The summed E-state index contributed by atoms with van der Waals surface area (Å²) in [6, 6.07) is 12.4. The third-order valence-electron chi connectivity index (χ3n) is 8.77. The first kappa shape index (κ1) is 27.0. The van der Waals surface area contributed by atoms with Gasteiger partial charge in [0.2, 0.25) is 5.91 Å². The lowest BCUT2D eigenvalue weighted by molar-refractivity contribution is -0.142. The number of ketones is 1. The number of aromatic nitrogens is 1. The standard InChI is InChI=1S/C31H34F2N2O4/c1-18(17-32)20-3-5-22(6-4-20)30(37)35-13-12-25(21-7-9-24(33)10-8-21)29(35)28(36)15-19-2-11-26-23(14-19)16-27(34-26)31(38)39/h2,7-11,14,16,18,20,22,25,29,34H,3-6,12-13,15,17H2,1H3,(H,38,39)/t18?,20?,22?,25-,29-/m0/s1. The van der Waals surface area contributed by atoms with Crippen molar-refractivity contribution in [2.24, 2.45) is 17.8 Å². The predicted octanol–water partition coefficient (Wildman–Crippen LogP) is 5.91. The summed E-state index contributed by atoms with van der Waals surface area (Å²) in [4.78, 5) is 43.6. The molecule has 1 aliphatic heterocycles. The molecule has 2 aromatic carbocycles. The second kappa shape index (κ2) is 11.3. The molecule has 3 aromatic rings. The minimum Gasteiger partial charge on any atom is -0.477 e. The number of likely N-dealkylation sites (tertiary alicyclic amines) is 1. The number of aromatic carboxylic acids is 1. The van der Waals surface area contributed by atoms with E-state index >= 15 is 0 Å². The van der Waals surface area contributed by atoms with E-state index in [9.17, 15) is 28.3 Å². The van der Waals surface area contributed by atoms with Crippen LogP contribution in [0.5, 0.6) is 0 Å². The van der Waals surface area contributed by atoms with Gasteiger partial charge in [-0.1, -0.05) is 25.1 Å². The Kier molecular flexibility index (Phi) is 7.82. The summed E-state index contributed by atoms with van der Waals surface area (Å²) in [5, 5.41) is 9.98. The smallest absolute Gasteiger partial charge is 0.352 e. The SMILES string of the molecule is CC(CF)C1CCC(C(=O)N2CC[C@@H](c3ccc(F)cc3)[C@H]2C(=O)Cc2ccc3[nH]c(C(=O)O)cc3c2)CC1. The zero-order chi connectivity index (χ0) is 27.7. The minimum atomic E-state index is -1.06. The van der Waals surface area contributed by atoms with Crippen molar-refractivity contribution in [2.45, 2.75) is 57.4 Å². The molecular weight excluding hydrogens is 502 g/mol. The highest BCUT2D eigenvalue weighted by atomic mass is 19.1. The Hall–Kier alpha value is -3.55. The van der Waals surface area contributed by atoms with Crippen molar-refractivity contribution in [3.63, 3.8) is 0 Å². The highest BCUT2D eigenvalue weighted by molar-refractivity contribution is 5.95. The molecule has 39 heavy (non-hydrogen) atoms. The van der Waals surface area contributed by atoms with Crippen LogP contribution in [0.15, 0.2) is 48.5 Å². The number of Topliss-reactive ketones (excluding diaryl/α,β-unsaturated/α-hetero) is 1. The van der Waals surface area contributed by atoms with Gasteiger partial charge in [-0.05, 0) is 85.4 Å². The van der Waals surface area contributed by atoms with Crippen LogP contribution in [0.25, 0.3) is 10.9 Å². The second-order valence-corrected chi connectivity index (χ2v) is 11.2. The molecule has 1 amide bonds. The summed E-state index contributed by atoms with van der Waals surface area (Å²) >= 11 is 0. The van der Waals surface area contributed by atoms with Gasteiger partial charge in [0.1, 0.15) is 11.5 Å². The second-order valence-electron chi connectivity index (χ2n) is 11.2. The van der Waals surface area contributed by atoms with Crippen LogP contribution < -0.4 is 0 Å². The molecule has 0 radical (unpaired) electrons. The molecule has 0 spiro atoms. The molecule has 0 bridgehead atoms. The van der Waals surface area contributed by atoms with Crippen molar-refractivity contribution in [2.75, 3.05) is 13.2 Å². The number of carbonyl (C=O) groups is 3. The number of H-pyrrole nitrogens is 1. The molecule has 8 heteroatoms. The molecule has 2 aliphatic rings. The first-order valence-electron chi connectivity index (χ1n) is 13.7. The van der Waals surface area contributed by atoms with Crippen LogP contribution in [0.4, 0.5) is 8.78 Å². The van der Waals surface area contributed by atoms with E-state index in [1.165, 1.54) is 12.1 Å². The largest absolute Gasteiger partial charge is 0.477 e.